The van der Waals surface area contributed by atoms with Gasteiger partial charge in [0.1, 0.15) is 5.82 Å². The fraction of sp³-hybridized carbons (Fsp3) is 0.111. The van der Waals surface area contributed by atoms with E-state index >= 15 is 0 Å². The third kappa shape index (κ3) is 3.18. The number of amides is 2. The van der Waals surface area contributed by atoms with Crippen molar-refractivity contribution >= 4 is 23.4 Å². The zero-order valence-electron chi connectivity index (χ0n) is 8.22. The van der Waals surface area contributed by atoms with Crippen LogP contribution in [-0.2, 0) is 16.1 Å². The van der Waals surface area contributed by atoms with Crippen molar-refractivity contribution in [2.45, 2.75) is 6.54 Å². The molecule has 0 aromatic heterocycles. The third-order valence-corrected chi connectivity index (χ3v) is 2.11. The molecule has 0 bridgehead atoms. The number of halogens is 2. The van der Waals surface area contributed by atoms with Gasteiger partial charge in [0.05, 0.1) is 5.02 Å². The molecule has 0 heterocycles. The predicted octanol–water partition coefficient (Wildman–Crippen LogP) is -0.632. The minimum absolute atomic E-state index is 0.00516. The monoisotopic (exact) mass is 246 g/mol. The van der Waals surface area contributed by atoms with Crippen LogP contribution < -0.4 is 16.6 Å². The van der Waals surface area contributed by atoms with E-state index in [1.165, 1.54) is 12.1 Å². The first-order chi connectivity index (χ1) is 7.54. The predicted molar refractivity (Wildman–Crippen MR) is 54.3 cm³/mol. The Labute approximate surface area is 95.7 Å². The highest BCUT2D eigenvalue weighted by Gasteiger charge is 2.12. The molecule has 0 unspecified atom stereocenters. The molecule has 0 aliphatic rings. The van der Waals surface area contributed by atoms with E-state index in [9.17, 15) is 14.0 Å². The van der Waals surface area contributed by atoms with Crippen LogP contribution in [0.25, 0.3) is 0 Å². The maximum Gasteiger partial charge on any atom is 0.353 e. The summed E-state index contributed by atoms with van der Waals surface area (Å²) in [4.78, 5) is 21.8. The van der Waals surface area contributed by atoms with Crippen LogP contribution >= 0.6 is 11.6 Å². The summed E-state index contributed by atoms with van der Waals surface area (Å²) in [7, 11) is 0. The molecule has 0 saturated carbocycles. The second kappa shape index (κ2) is 5.43. The van der Waals surface area contributed by atoms with Crippen LogP contribution in [0.15, 0.2) is 18.2 Å². The van der Waals surface area contributed by atoms with Gasteiger partial charge in [0.2, 0.25) is 0 Å². The largest absolute Gasteiger partial charge is 0.353 e. The van der Waals surface area contributed by atoms with Gasteiger partial charge < -0.3 is 5.32 Å². The molecule has 0 saturated heterocycles. The Morgan fingerprint density at radius 2 is 2.06 bits per heavy atom. The molecule has 1 aromatic carbocycles. The molecule has 0 fully saturated rings. The molecule has 0 radical (unpaired) electrons. The van der Waals surface area contributed by atoms with Gasteiger partial charge >= 0.3 is 11.8 Å². The highest BCUT2D eigenvalue weighted by atomic mass is 35.5. The summed E-state index contributed by atoms with van der Waals surface area (Å²) in [5, 5.41) is 2.30. The topological polar surface area (TPSA) is 85.8 Å². The lowest BCUT2D eigenvalue weighted by atomic mass is 10.2. The Morgan fingerprint density at radius 3 is 2.62 bits per heavy atom. The number of nitrogens with one attached hydrogen (secondary N) is 2. The van der Waals surface area contributed by atoms with Crippen molar-refractivity contribution in [1.29, 1.82) is 0 Å². The first-order valence-electron chi connectivity index (χ1n) is 4.33. The van der Waals surface area contributed by atoms with Gasteiger partial charge in [0, 0.05) is 6.54 Å². The van der Waals surface area contributed by atoms with E-state index in [2.05, 4.69) is 11.2 Å². The number of benzene rings is 1. The van der Waals surface area contributed by atoms with Crippen molar-refractivity contribution in [1.82, 2.24) is 10.7 Å². The van der Waals surface area contributed by atoms with E-state index < -0.39 is 17.6 Å². The van der Waals surface area contributed by atoms with Crippen molar-refractivity contribution in [3.63, 3.8) is 0 Å². The molecular weight excluding hydrogens is 237 g/mol. The van der Waals surface area contributed by atoms with Crippen LogP contribution in [0.1, 0.15) is 5.56 Å². The maximum absolute atomic E-state index is 13.0. The molecule has 1 aromatic rings. The Balaban J connectivity index is 2.58. The van der Waals surface area contributed by atoms with E-state index in [0.717, 1.165) is 0 Å². The summed E-state index contributed by atoms with van der Waals surface area (Å²) in [5.74, 6) is 0.795. The van der Waals surface area contributed by atoms with Crippen molar-refractivity contribution in [3.8, 4) is 0 Å². The van der Waals surface area contributed by atoms with Crippen molar-refractivity contribution in [2.24, 2.45) is 0 Å². The summed E-state index contributed by atoms with van der Waals surface area (Å²) in [6, 6.07) is 4.11. The number of hydrogen-bond donors (Lipinski definition) is 3. The average molecular weight is 247 g/mol. The van der Waals surface area contributed by atoms with Gasteiger partial charge in [0.15, 0.2) is 0 Å². The smallest absolute Gasteiger partial charge is 0.344 e. The van der Waals surface area contributed by atoms with E-state index in [1.54, 1.807) is 6.07 Å². The summed E-state index contributed by atoms with van der Waals surface area (Å²) < 4.78 is 13.0. The normalized spacial score (nSPS) is 9.69. The highest BCUT2D eigenvalue weighted by Crippen LogP contribution is 2.15. The minimum Gasteiger partial charge on any atom is -0.344 e. The Bertz CT molecular complexity index is 425. The van der Waals surface area contributed by atoms with Crippen LogP contribution in [0.4, 0.5) is 4.39 Å². The Hall–Kier alpha value is -1.66. The standard InChI is InChI=1S/C9H9ClFN3O2/c10-6-2-1-5(3-7(6)11)4-13-8(15)9(16)14-12/h1-3H,4,12H2,(H,13,15)(H,14,16)/p+1. The SMILES string of the molecule is [NH3+]NC(=O)C(=O)NCc1ccc(Cl)c(F)c1. The number of rotatable bonds is 2. The van der Waals surface area contributed by atoms with Crippen LogP contribution in [0, 0.1) is 5.82 Å². The van der Waals surface area contributed by atoms with Crippen LogP contribution in [0.3, 0.4) is 0 Å². The average Bonchev–Trinajstić information content (AvgIpc) is 2.29. The summed E-state index contributed by atoms with van der Waals surface area (Å²) in [6.07, 6.45) is 0. The molecule has 0 spiro atoms. The molecule has 86 valence electrons. The van der Waals surface area contributed by atoms with Gasteiger partial charge in [-0.3, -0.25) is 15.4 Å². The van der Waals surface area contributed by atoms with Gasteiger partial charge in [-0.1, -0.05) is 17.7 Å². The highest BCUT2D eigenvalue weighted by molar-refractivity contribution is 6.34. The van der Waals surface area contributed by atoms with Crippen LogP contribution in [-0.4, -0.2) is 11.8 Å². The van der Waals surface area contributed by atoms with E-state index in [1.807, 2.05) is 5.43 Å². The number of hydrogen-bond acceptors (Lipinski definition) is 2. The molecule has 5 N–H and O–H groups in total. The molecule has 7 heteroatoms. The quantitative estimate of drug-likeness (QED) is 0.479. The number of carbonyl (C=O) groups excluding carboxylic acids is 2. The van der Waals surface area contributed by atoms with Crippen LogP contribution in [0.5, 0.6) is 0 Å². The van der Waals surface area contributed by atoms with Crippen molar-refractivity contribution < 1.29 is 19.8 Å². The second-order valence-corrected chi connectivity index (χ2v) is 3.34. The Morgan fingerprint density at radius 1 is 1.38 bits per heavy atom. The third-order valence-electron chi connectivity index (χ3n) is 1.80. The van der Waals surface area contributed by atoms with E-state index in [-0.39, 0.29) is 11.6 Å². The van der Waals surface area contributed by atoms with E-state index in [4.69, 9.17) is 11.6 Å². The fourth-order valence-corrected chi connectivity index (χ4v) is 1.11. The molecule has 0 atom stereocenters. The van der Waals surface area contributed by atoms with Gasteiger partial charge in [-0.25, -0.2) is 4.39 Å². The van der Waals surface area contributed by atoms with Gasteiger partial charge in [-0.2, -0.15) is 5.43 Å². The van der Waals surface area contributed by atoms with Crippen molar-refractivity contribution in [3.05, 3.63) is 34.6 Å². The summed E-state index contributed by atoms with van der Waals surface area (Å²) in [5.41, 5.74) is 2.43. The molecule has 0 aliphatic heterocycles. The zero-order chi connectivity index (χ0) is 12.1. The second-order valence-electron chi connectivity index (χ2n) is 2.94. The lowest BCUT2D eigenvalue weighted by Crippen LogP contribution is -2.69. The van der Waals surface area contributed by atoms with Crippen molar-refractivity contribution in [2.75, 3.05) is 0 Å². The molecule has 16 heavy (non-hydrogen) atoms. The number of carbonyl (C=O) groups is 2. The molecule has 5 nitrogen and oxygen atoms in total. The first kappa shape index (κ1) is 12.4. The molecule has 0 aliphatic carbocycles. The van der Waals surface area contributed by atoms with Gasteiger partial charge in [-0.05, 0) is 17.7 Å². The lowest BCUT2D eigenvalue weighted by Gasteiger charge is -2.04. The molecular formula is C9H10ClFN3O2+. The first-order valence-corrected chi connectivity index (χ1v) is 4.71. The molecule has 1 rings (SSSR count). The summed E-state index contributed by atoms with van der Waals surface area (Å²) in [6.45, 7) is 0.0420. The Kier molecular flexibility index (Phi) is 4.21. The number of quaternary nitrogens is 1. The summed E-state index contributed by atoms with van der Waals surface area (Å²) >= 11 is 5.48. The minimum atomic E-state index is -0.852. The fourth-order valence-electron chi connectivity index (χ4n) is 0.992. The maximum atomic E-state index is 13.0. The van der Waals surface area contributed by atoms with Gasteiger partial charge in [0.25, 0.3) is 0 Å². The molecule has 2 amide bonds. The van der Waals surface area contributed by atoms with Gasteiger partial charge in [-0.15, -0.1) is 0 Å². The lowest BCUT2D eigenvalue weighted by molar-refractivity contribution is -0.426. The zero-order valence-corrected chi connectivity index (χ0v) is 8.97. The van der Waals surface area contributed by atoms with E-state index in [0.29, 0.717) is 5.56 Å². The van der Waals surface area contributed by atoms with Crippen LogP contribution in [0.2, 0.25) is 5.02 Å².